The predicted octanol–water partition coefficient (Wildman–Crippen LogP) is 1.78. The summed E-state index contributed by atoms with van der Waals surface area (Å²) in [5.41, 5.74) is 0.520. The number of benzene rings is 1. The molecule has 3 rings (SSSR count). The number of hydrogen-bond acceptors (Lipinski definition) is 6. The van der Waals surface area contributed by atoms with Gasteiger partial charge in [0, 0.05) is 18.8 Å². The van der Waals surface area contributed by atoms with Gasteiger partial charge in [0.15, 0.2) is 11.5 Å². The van der Waals surface area contributed by atoms with Crippen molar-refractivity contribution in [3.63, 3.8) is 0 Å². The molecule has 0 radical (unpaired) electrons. The van der Waals surface area contributed by atoms with Gasteiger partial charge in [-0.3, -0.25) is 4.79 Å². The van der Waals surface area contributed by atoms with Crippen molar-refractivity contribution in [2.45, 2.75) is 4.21 Å². The largest absolute Gasteiger partial charge is 0.486 e. The van der Waals surface area contributed by atoms with Gasteiger partial charge in [-0.25, -0.2) is 8.42 Å². The van der Waals surface area contributed by atoms with Gasteiger partial charge in [0.05, 0.1) is 6.54 Å². The molecule has 0 unspecified atom stereocenters. The van der Waals surface area contributed by atoms with Crippen molar-refractivity contribution in [2.24, 2.45) is 0 Å². The molecule has 2 aromatic rings. The molecule has 0 fully saturated rings. The number of ether oxygens (including phenoxy) is 2. The third-order valence-electron chi connectivity index (χ3n) is 3.35. The monoisotopic (exact) mass is 368 g/mol. The molecule has 0 spiro atoms. The molecular weight excluding hydrogens is 352 g/mol. The fourth-order valence-electron chi connectivity index (χ4n) is 2.17. The maximum Gasteiger partial charge on any atom is 0.252 e. The summed E-state index contributed by atoms with van der Waals surface area (Å²) in [4.78, 5) is 12.1. The minimum absolute atomic E-state index is 0.206. The van der Waals surface area contributed by atoms with Crippen molar-refractivity contribution in [2.75, 3.05) is 32.1 Å². The van der Waals surface area contributed by atoms with E-state index in [0.717, 1.165) is 15.6 Å². The van der Waals surface area contributed by atoms with E-state index in [1.165, 1.54) is 13.1 Å². The quantitative estimate of drug-likeness (QED) is 0.870. The van der Waals surface area contributed by atoms with Crippen LogP contribution in [0.15, 0.2) is 39.9 Å². The lowest BCUT2D eigenvalue weighted by Crippen LogP contribution is -2.34. The van der Waals surface area contributed by atoms with E-state index < -0.39 is 15.9 Å². The Bertz CT molecular complexity index is 834. The molecule has 9 heteroatoms. The predicted molar refractivity (Wildman–Crippen MR) is 90.2 cm³/mol. The molecule has 0 atom stereocenters. The van der Waals surface area contributed by atoms with Gasteiger partial charge in [-0.1, -0.05) is 6.07 Å². The van der Waals surface area contributed by atoms with E-state index in [-0.39, 0.29) is 10.8 Å². The average molecular weight is 368 g/mol. The highest BCUT2D eigenvalue weighted by atomic mass is 32.2. The molecule has 1 amide bonds. The molecule has 24 heavy (non-hydrogen) atoms. The number of hydrogen-bond donors (Lipinski definition) is 1. The molecule has 0 saturated heterocycles. The van der Waals surface area contributed by atoms with Gasteiger partial charge in [-0.2, -0.15) is 4.31 Å². The molecule has 1 N–H and O–H groups in total. The number of carbonyl (C=O) groups is 1. The third-order valence-corrected chi connectivity index (χ3v) is 6.53. The molecule has 1 aliphatic heterocycles. The summed E-state index contributed by atoms with van der Waals surface area (Å²) in [5, 5.41) is 4.34. The van der Waals surface area contributed by atoms with Gasteiger partial charge in [0.2, 0.25) is 5.91 Å². The van der Waals surface area contributed by atoms with E-state index in [9.17, 15) is 13.2 Å². The number of nitrogens with one attached hydrogen (secondary N) is 1. The number of anilines is 1. The fraction of sp³-hybridized carbons (Fsp3) is 0.267. The standard InChI is InChI=1S/C15H16N2O5S2/c1-17(24(19,20)15-3-2-8-23-15)10-14(18)16-11-4-5-12-13(9-11)22-7-6-21-12/h2-5,8-9H,6-7,10H2,1H3,(H,16,18). The second kappa shape index (κ2) is 6.80. The lowest BCUT2D eigenvalue weighted by molar-refractivity contribution is -0.116. The van der Waals surface area contributed by atoms with Crippen LogP contribution in [0.1, 0.15) is 0 Å². The molecule has 7 nitrogen and oxygen atoms in total. The molecule has 1 aromatic carbocycles. The first-order valence-corrected chi connectivity index (χ1v) is 9.48. The van der Waals surface area contributed by atoms with E-state index in [1.54, 1.807) is 29.6 Å². The second-order valence-corrected chi connectivity index (χ2v) is 8.32. The van der Waals surface area contributed by atoms with E-state index in [4.69, 9.17) is 9.47 Å². The van der Waals surface area contributed by atoms with Crippen LogP contribution in [0.3, 0.4) is 0 Å². The molecule has 1 aromatic heterocycles. The number of rotatable bonds is 5. The van der Waals surface area contributed by atoms with Gasteiger partial charge >= 0.3 is 0 Å². The van der Waals surface area contributed by atoms with Crippen molar-refractivity contribution in [3.05, 3.63) is 35.7 Å². The molecule has 2 heterocycles. The zero-order valence-corrected chi connectivity index (χ0v) is 14.5. The lowest BCUT2D eigenvalue weighted by Gasteiger charge is -2.19. The van der Waals surface area contributed by atoms with Crippen molar-refractivity contribution >= 4 is 33.0 Å². The Labute approximate surface area is 143 Å². The van der Waals surface area contributed by atoms with Crippen LogP contribution in [-0.2, 0) is 14.8 Å². The van der Waals surface area contributed by atoms with Crippen molar-refractivity contribution in [3.8, 4) is 11.5 Å². The number of thiophene rings is 1. The Balaban J connectivity index is 1.65. The number of nitrogens with zero attached hydrogens (tertiary/aromatic N) is 1. The highest BCUT2D eigenvalue weighted by Crippen LogP contribution is 2.32. The summed E-state index contributed by atoms with van der Waals surface area (Å²) < 4.78 is 36.7. The second-order valence-electron chi connectivity index (χ2n) is 5.10. The Morgan fingerprint density at radius 3 is 2.71 bits per heavy atom. The zero-order chi connectivity index (χ0) is 17.2. The third kappa shape index (κ3) is 3.53. The molecular formula is C15H16N2O5S2. The minimum atomic E-state index is -3.65. The summed E-state index contributed by atoms with van der Waals surface area (Å²) in [7, 11) is -2.28. The van der Waals surface area contributed by atoms with Crippen LogP contribution in [0.2, 0.25) is 0 Å². The van der Waals surface area contributed by atoms with Gasteiger partial charge in [0.1, 0.15) is 17.4 Å². The molecule has 128 valence electrons. The van der Waals surface area contributed by atoms with Crippen LogP contribution in [0.4, 0.5) is 5.69 Å². The van der Waals surface area contributed by atoms with Crippen molar-refractivity contribution in [1.29, 1.82) is 0 Å². The summed E-state index contributed by atoms with van der Waals surface area (Å²) in [6, 6.07) is 8.20. The van der Waals surface area contributed by atoms with E-state index in [1.807, 2.05) is 0 Å². The normalized spacial score (nSPS) is 13.8. The van der Waals surface area contributed by atoms with Crippen LogP contribution in [0.5, 0.6) is 11.5 Å². The SMILES string of the molecule is CN(CC(=O)Nc1ccc2c(c1)OCCO2)S(=O)(=O)c1cccs1. The minimum Gasteiger partial charge on any atom is -0.486 e. The van der Waals surface area contributed by atoms with Crippen LogP contribution >= 0.6 is 11.3 Å². The number of fused-ring (bicyclic) bond motifs is 1. The van der Waals surface area contributed by atoms with Gasteiger partial charge < -0.3 is 14.8 Å². The molecule has 0 saturated carbocycles. The van der Waals surface area contributed by atoms with Crippen LogP contribution in [0, 0.1) is 0 Å². The van der Waals surface area contributed by atoms with Gasteiger partial charge in [0.25, 0.3) is 10.0 Å². The van der Waals surface area contributed by atoms with Gasteiger partial charge in [-0.05, 0) is 23.6 Å². The first-order chi connectivity index (χ1) is 11.5. The topological polar surface area (TPSA) is 84.9 Å². The van der Waals surface area contributed by atoms with Crippen molar-refractivity contribution in [1.82, 2.24) is 4.31 Å². The van der Waals surface area contributed by atoms with Crippen LogP contribution in [-0.4, -0.2) is 45.4 Å². The van der Waals surface area contributed by atoms with E-state index in [2.05, 4.69) is 5.32 Å². The Morgan fingerprint density at radius 2 is 2.00 bits per heavy atom. The number of likely N-dealkylation sites (N-methyl/N-ethyl adjacent to an activating group) is 1. The Kier molecular flexibility index (Phi) is 4.74. The molecule has 0 aliphatic carbocycles. The van der Waals surface area contributed by atoms with Crippen molar-refractivity contribution < 1.29 is 22.7 Å². The average Bonchev–Trinajstić information content (AvgIpc) is 3.09. The maximum atomic E-state index is 12.3. The molecule has 1 aliphatic rings. The Morgan fingerprint density at radius 1 is 1.25 bits per heavy atom. The molecule has 0 bridgehead atoms. The summed E-state index contributed by atoms with van der Waals surface area (Å²) >= 11 is 1.11. The summed E-state index contributed by atoms with van der Waals surface area (Å²) in [5.74, 6) is 0.740. The first-order valence-electron chi connectivity index (χ1n) is 7.16. The van der Waals surface area contributed by atoms with Gasteiger partial charge in [-0.15, -0.1) is 11.3 Å². The highest BCUT2D eigenvalue weighted by molar-refractivity contribution is 7.91. The summed E-state index contributed by atoms with van der Waals surface area (Å²) in [6.07, 6.45) is 0. The first kappa shape index (κ1) is 16.7. The van der Waals surface area contributed by atoms with Crippen LogP contribution < -0.4 is 14.8 Å². The van der Waals surface area contributed by atoms with E-state index >= 15 is 0 Å². The highest BCUT2D eigenvalue weighted by Gasteiger charge is 2.24. The number of amides is 1. The number of carbonyl (C=O) groups excluding carboxylic acids is 1. The smallest absolute Gasteiger partial charge is 0.252 e. The summed E-state index contributed by atoms with van der Waals surface area (Å²) in [6.45, 7) is 0.658. The fourth-order valence-corrected chi connectivity index (χ4v) is 4.50. The van der Waals surface area contributed by atoms with E-state index in [0.29, 0.717) is 30.4 Å². The lowest BCUT2D eigenvalue weighted by atomic mass is 10.2. The Hall–Kier alpha value is -2.10. The maximum absolute atomic E-state index is 12.3. The number of sulfonamides is 1. The van der Waals surface area contributed by atoms with Crippen LogP contribution in [0.25, 0.3) is 0 Å². The zero-order valence-electron chi connectivity index (χ0n) is 12.9.